The van der Waals surface area contributed by atoms with Gasteiger partial charge in [0.05, 0.1) is 32.9 Å². The van der Waals surface area contributed by atoms with E-state index < -0.39 is 5.91 Å². The lowest BCUT2D eigenvalue weighted by atomic mass is 10.2. The molecule has 1 aromatic rings. The first-order chi connectivity index (χ1) is 8.15. The molecule has 1 heterocycles. The van der Waals surface area contributed by atoms with Crippen molar-refractivity contribution in [2.45, 2.75) is 0 Å². The highest BCUT2D eigenvalue weighted by atomic mass is 16.4. The molecular weight excluding hydrogens is 220 g/mol. The van der Waals surface area contributed by atoms with Crippen molar-refractivity contribution in [3.8, 4) is 0 Å². The second-order valence-corrected chi connectivity index (χ2v) is 3.88. The van der Waals surface area contributed by atoms with Crippen molar-refractivity contribution < 1.29 is 14.9 Å². The Morgan fingerprint density at radius 3 is 2.82 bits per heavy atom. The Morgan fingerprint density at radius 1 is 1.53 bits per heavy atom. The number of carbonyl (C=O) groups excluding carboxylic acids is 1. The molecule has 6 nitrogen and oxygen atoms in total. The third-order valence-electron chi connectivity index (χ3n) is 2.13. The van der Waals surface area contributed by atoms with E-state index in [1.165, 1.54) is 11.1 Å². The van der Waals surface area contributed by atoms with Crippen LogP contribution in [-0.2, 0) is 4.79 Å². The maximum Gasteiger partial charge on any atom is 0.275 e. The number of quaternary nitrogens is 1. The summed E-state index contributed by atoms with van der Waals surface area (Å²) in [7, 11) is 3.98. The summed E-state index contributed by atoms with van der Waals surface area (Å²) >= 11 is 0. The summed E-state index contributed by atoms with van der Waals surface area (Å²) < 4.78 is 0. The number of rotatable bonds is 5. The predicted molar refractivity (Wildman–Crippen MR) is 63.2 cm³/mol. The highest BCUT2D eigenvalue weighted by Gasteiger charge is 2.15. The Labute approximate surface area is 100.0 Å². The normalized spacial score (nSPS) is 11.6. The Kier molecular flexibility index (Phi) is 5.09. The zero-order valence-electron chi connectivity index (χ0n) is 9.97. The van der Waals surface area contributed by atoms with Gasteiger partial charge >= 0.3 is 0 Å². The van der Waals surface area contributed by atoms with Gasteiger partial charge in [-0.15, -0.1) is 0 Å². The summed E-state index contributed by atoms with van der Waals surface area (Å²) in [6.45, 7) is 1.32. The molecule has 1 aromatic heterocycles. The van der Waals surface area contributed by atoms with Gasteiger partial charge in [-0.05, 0) is 12.1 Å². The van der Waals surface area contributed by atoms with Crippen molar-refractivity contribution in [1.29, 1.82) is 0 Å². The molecule has 0 aliphatic rings. The van der Waals surface area contributed by atoms with E-state index in [9.17, 15) is 4.79 Å². The van der Waals surface area contributed by atoms with E-state index in [1.54, 1.807) is 18.2 Å². The van der Waals surface area contributed by atoms with Crippen LogP contribution in [0.15, 0.2) is 29.6 Å². The fourth-order valence-electron chi connectivity index (χ4n) is 1.23. The first-order valence-corrected chi connectivity index (χ1v) is 5.36. The molecule has 92 valence electrons. The van der Waals surface area contributed by atoms with Crippen LogP contribution in [0.3, 0.4) is 0 Å². The summed E-state index contributed by atoms with van der Waals surface area (Å²) in [5, 5.41) is 14.5. The molecule has 0 unspecified atom stereocenters. The predicted octanol–water partition coefficient (Wildman–Crippen LogP) is -1.48. The van der Waals surface area contributed by atoms with Crippen molar-refractivity contribution >= 4 is 11.6 Å². The van der Waals surface area contributed by atoms with Gasteiger partial charge in [0.1, 0.15) is 0 Å². The number of oxime groups is 1. The van der Waals surface area contributed by atoms with Gasteiger partial charge < -0.3 is 15.4 Å². The van der Waals surface area contributed by atoms with Crippen LogP contribution in [0.4, 0.5) is 0 Å². The van der Waals surface area contributed by atoms with Crippen LogP contribution in [0.25, 0.3) is 0 Å². The molecule has 0 fully saturated rings. The summed E-state index contributed by atoms with van der Waals surface area (Å²) in [4.78, 5) is 16.9. The van der Waals surface area contributed by atoms with E-state index in [0.717, 1.165) is 6.54 Å². The number of carbonyl (C=O) groups is 1. The zero-order valence-corrected chi connectivity index (χ0v) is 9.97. The average Bonchev–Trinajstić information content (AvgIpc) is 2.31. The van der Waals surface area contributed by atoms with Crippen LogP contribution in [0.2, 0.25) is 0 Å². The number of pyridine rings is 1. The zero-order chi connectivity index (χ0) is 12.7. The van der Waals surface area contributed by atoms with Gasteiger partial charge in [-0.2, -0.15) is 0 Å². The molecule has 0 saturated carbocycles. The smallest absolute Gasteiger partial charge is 0.275 e. The van der Waals surface area contributed by atoms with Crippen molar-refractivity contribution in [1.82, 2.24) is 10.3 Å². The van der Waals surface area contributed by atoms with Crippen molar-refractivity contribution in [2.24, 2.45) is 5.16 Å². The number of hydrogen-bond acceptors (Lipinski definition) is 4. The highest BCUT2D eigenvalue weighted by molar-refractivity contribution is 6.44. The van der Waals surface area contributed by atoms with Gasteiger partial charge in [0, 0.05) is 6.20 Å². The lowest BCUT2D eigenvalue weighted by Gasteiger charge is -2.08. The second kappa shape index (κ2) is 6.59. The monoisotopic (exact) mass is 237 g/mol. The van der Waals surface area contributed by atoms with Gasteiger partial charge in [0.25, 0.3) is 5.91 Å². The third-order valence-corrected chi connectivity index (χ3v) is 2.13. The Balaban J connectivity index is 2.61. The number of aromatic nitrogens is 1. The minimum Gasteiger partial charge on any atom is -0.410 e. The molecular formula is C11H17N4O2+. The molecule has 0 radical (unpaired) electrons. The average molecular weight is 237 g/mol. The minimum atomic E-state index is -0.424. The van der Waals surface area contributed by atoms with E-state index in [2.05, 4.69) is 15.5 Å². The molecule has 17 heavy (non-hydrogen) atoms. The number of likely N-dealkylation sites (N-methyl/N-ethyl adjacent to an activating group) is 1. The van der Waals surface area contributed by atoms with Gasteiger partial charge in [-0.1, -0.05) is 11.2 Å². The van der Waals surface area contributed by atoms with E-state index >= 15 is 0 Å². The first-order valence-electron chi connectivity index (χ1n) is 5.36. The number of amides is 1. The molecule has 0 atom stereocenters. The maximum atomic E-state index is 11.7. The number of nitrogens with zero attached hydrogens (tertiary/aromatic N) is 2. The lowest BCUT2D eigenvalue weighted by molar-refractivity contribution is -0.856. The molecule has 0 spiro atoms. The number of nitrogens with one attached hydrogen (secondary N) is 2. The lowest BCUT2D eigenvalue weighted by Crippen LogP contribution is -3.06. The van der Waals surface area contributed by atoms with Crippen LogP contribution in [0, 0.1) is 0 Å². The minimum absolute atomic E-state index is 0.0700. The van der Waals surface area contributed by atoms with Crippen molar-refractivity contribution in [2.75, 3.05) is 27.2 Å². The van der Waals surface area contributed by atoms with Crippen molar-refractivity contribution in [3.63, 3.8) is 0 Å². The largest absolute Gasteiger partial charge is 0.410 e. The maximum absolute atomic E-state index is 11.7. The van der Waals surface area contributed by atoms with E-state index in [0.29, 0.717) is 12.2 Å². The second-order valence-electron chi connectivity index (χ2n) is 3.88. The van der Waals surface area contributed by atoms with Gasteiger partial charge in [0.2, 0.25) is 0 Å². The first kappa shape index (κ1) is 13.1. The van der Waals surface area contributed by atoms with Crippen LogP contribution in [-0.4, -0.2) is 49.0 Å². The van der Waals surface area contributed by atoms with Crippen molar-refractivity contribution in [3.05, 3.63) is 30.1 Å². The van der Waals surface area contributed by atoms with E-state index in [1.807, 2.05) is 14.1 Å². The van der Waals surface area contributed by atoms with Crippen LogP contribution in [0.1, 0.15) is 5.69 Å². The third kappa shape index (κ3) is 4.20. The van der Waals surface area contributed by atoms with E-state index in [-0.39, 0.29) is 5.71 Å². The fraction of sp³-hybridized carbons (Fsp3) is 0.364. The van der Waals surface area contributed by atoms with Crippen LogP contribution >= 0.6 is 0 Å². The molecule has 6 heteroatoms. The summed E-state index contributed by atoms with van der Waals surface area (Å²) in [5.74, 6) is -0.424. The number of hydrogen-bond donors (Lipinski definition) is 3. The van der Waals surface area contributed by atoms with E-state index in [4.69, 9.17) is 5.21 Å². The molecule has 0 aromatic carbocycles. The Hall–Kier alpha value is -1.95. The molecule has 1 rings (SSSR count). The van der Waals surface area contributed by atoms with Crippen LogP contribution in [0.5, 0.6) is 0 Å². The fourth-order valence-corrected chi connectivity index (χ4v) is 1.23. The Bertz CT molecular complexity index is 390. The van der Waals surface area contributed by atoms with Gasteiger partial charge in [-0.25, -0.2) is 0 Å². The standard InChI is InChI=1S/C11H16N4O2/c1-15(2)8-7-13-11(16)10(14-17)9-5-3-4-6-12-9/h3-6,17H,7-8H2,1-2H3,(H,13,16)/p+1/b14-10-. The molecule has 0 aliphatic carbocycles. The molecule has 1 amide bonds. The van der Waals surface area contributed by atoms with Gasteiger partial charge in [-0.3, -0.25) is 9.78 Å². The quantitative estimate of drug-likeness (QED) is 0.332. The Morgan fingerprint density at radius 2 is 2.29 bits per heavy atom. The molecule has 0 aliphatic heterocycles. The summed E-state index contributed by atoms with van der Waals surface area (Å²) in [5.41, 5.74) is 0.282. The summed E-state index contributed by atoms with van der Waals surface area (Å²) in [6, 6.07) is 5.07. The molecule has 0 bridgehead atoms. The molecule has 0 saturated heterocycles. The van der Waals surface area contributed by atoms with Crippen LogP contribution < -0.4 is 10.2 Å². The van der Waals surface area contributed by atoms with Gasteiger partial charge in [0.15, 0.2) is 5.71 Å². The topological polar surface area (TPSA) is 79.0 Å². The highest BCUT2D eigenvalue weighted by Crippen LogP contribution is 1.96. The molecule has 3 N–H and O–H groups in total. The summed E-state index contributed by atoms with van der Waals surface area (Å²) in [6.07, 6.45) is 1.54. The SMILES string of the molecule is C[NH+](C)CCNC(=O)/C(=N\O)c1ccccn1.